The number of rotatable bonds is 4. The molecule has 1 fully saturated rings. The molecule has 1 unspecified atom stereocenters. The monoisotopic (exact) mass is 396 g/mol. The van der Waals surface area contributed by atoms with Crippen molar-refractivity contribution in [3.8, 4) is 0 Å². The molecule has 0 amide bonds. The van der Waals surface area contributed by atoms with Crippen molar-refractivity contribution in [3.05, 3.63) is 47.3 Å². The zero-order valence-corrected chi connectivity index (χ0v) is 14.8. The number of hydrogen-bond acceptors (Lipinski definition) is 5. The summed E-state index contributed by atoms with van der Waals surface area (Å²) in [5, 5.41) is 3.26. The minimum Gasteiger partial charge on any atom is -0.365 e. The summed E-state index contributed by atoms with van der Waals surface area (Å²) >= 11 is 3.32. The second kappa shape index (κ2) is 6.94. The van der Waals surface area contributed by atoms with Gasteiger partial charge in [-0.1, -0.05) is 15.9 Å². The molecule has 0 saturated carbocycles. The van der Waals surface area contributed by atoms with E-state index in [1.165, 1.54) is 4.31 Å². The van der Waals surface area contributed by atoms with Crippen molar-refractivity contribution in [3.63, 3.8) is 0 Å². The SMILES string of the molecule is O=S(=O)(c1ccc(Br)cc1)N1CCCC(Nc2cnccn2)C1. The third kappa shape index (κ3) is 3.88. The average Bonchev–Trinajstić information content (AvgIpc) is 2.56. The minimum absolute atomic E-state index is 0.0330. The first kappa shape index (κ1) is 16.4. The van der Waals surface area contributed by atoms with Crippen LogP contribution in [-0.2, 0) is 10.0 Å². The Bertz CT molecular complexity index is 753. The lowest BCUT2D eigenvalue weighted by Gasteiger charge is -2.32. The van der Waals surface area contributed by atoms with Gasteiger partial charge in [0.15, 0.2) is 0 Å². The van der Waals surface area contributed by atoms with Gasteiger partial charge in [0.2, 0.25) is 10.0 Å². The number of nitrogens with zero attached hydrogens (tertiary/aromatic N) is 3. The molecule has 122 valence electrons. The lowest BCUT2D eigenvalue weighted by atomic mass is 10.1. The van der Waals surface area contributed by atoms with Crippen molar-refractivity contribution in [2.24, 2.45) is 0 Å². The fourth-order valence-corrected chi connectivity index (χ4v) is 4.41. The molecule has 2 aromatic rings. The van der Waals surface area contributed by atoms with Crippen LogP contribution in [0, 0.1) is 0 Å². The van der Waals surface area contributed by atoms with Crippen molar-refractivity contribution in [1.29, 1.82) is 0 Å². The molecule has 1 aromatic carbocycles. The molecule has 0 bridgehead atoms. The number of anilines is 1. The molecule has 3 rings (SSSR count). The predicted octanol–water partition coefficient (Wildman–Crippen LogP) is 2.50. The summed E-state index contributed by atoms with van der Waals surface area (Å²) in [5.41, 5.74) is 0. The van der Waals surface area contributed by atoms with Gasteiger partial charge in [-0.3, -0.25) is 4.98 Å². The topological polar surface area (TPSA) is 75.2 Å². The molecule has 8 heteroatoms. The Morgan fingerprint density at radius 2 is 2.00 bits per heavy atom. The van der Waals surface area contributed by atoms with E-state index in [1.807, 2.05) is 0 Å². The first-order valence-corrected chi connectivity index (χ1v) is 9.57. The van der Waals surface area contributed by atoms with Crippen LogP contribution in [0.2, 0.25) is 0 Å². The number of piperidine rings is 1. The molecule has 0 radical (unpaired) electrons. The molecule has 0 aliphatic carbocycles. The predicted molar refractivity (Wildman–Crippen MR) is 91.6 cm³/mol. The van der Waals surface area contributed by atoms with Crippen LogP contribution in [0.1, 0.15) is 12.8 Å². The van der Waals surface area contributed by atoms with Gasteiger partial charge in [-0.2, -0.15) is 4.31 Å². The van der Waals surface area contributed by atoms with E-state index >= 15 is 0 Å². The van der Waals surface area contributed by atoms with Crippen LogP contribution in [0.3, 0.4) is 0 Å². The molecule has 1 saturated heterocycles. The molecule has 2 heterocycles. The van der Waals surface area contributed by atoms with Gasteiger partial charge in [0.05, 0.1) is 11.1 Å². The quantitative estimate of drug-likeness (QED) is 0.858. The van der Waals surface area contributed by atoms with Gasteiger partial charge >= 0.3 is 0 Å². The van der Waals surface area contributed by atoms with Gasteiger partial charge in [0, 0.05) is 36.0 Å². The lowest BCUT2D eigenvalue weighted by molar-refractivity contribution is 0.326. The van der Waals surface area contributed by atoms with Crippen molar-refractivity contribution in [2.45, 2.75) is 23.8 Å². The Balaban J connectivity index is 1.74. The van der Waals surface area contributed by atoms with Crippen molar-refractivity contribution in [1.82, 2.24) is 14.3 Å². The van der Waals surface area contributed by atoms with Crippen LogP contribution in [0.4, 0.5) is 5.82 Å². The molecule has 1 aliphatic heterocycles. The summed E-state index contributed by atoms with van der Waals surface area (Å²) in [4.78, 5) is 8.51. The van der Waals surface area contributed by atoms with Crippen LogP contribution in [-0.4, -0.2) is 41.8 Å². The van der Waals surface area contributed by atoms with E-state index in [0.717, 1.165) is 17.3 Å². The fourth-order valence-electron chi connectivity index (χ4n) is 2.62. The lowest BCUT2D eigenvalue weighted by Crippen LogP contribution is -2.45. The maximum Gasteiger partial charge on any atom is 0.243 e. The zero-order chi connectivity index (χ0) is 16.3. The number of halogens is 1. The summed E-state index contributed by atoms with van der Waals surface area (Å²) < 4.78 is 27.9. The Kier molecular flexibility index (Phi) is 4.93. The smallest absolute Gasteiger partial charge is 0.243 e. The summed E-state index contributed by atoms with van der Waals surface area (Å²) in [6.45, 7) is 0.964. The fraction of sp³-hybridized carbons (Fsp3) is 0.333. The van der Waals surface area contributed by atoms with E-state index in [9.17, 15) is 8.42 Å². The van der Waals surface area contributed by atoms with Crippen molar-refractivity contribution in [2.75, 3.05) is 18.4 Å². The summed E-state index contributed by atoms with van der Waals surface area (Å²) in [6.07, 6.45) is 6.58. The van der Waals surface area contributed by atoms with E-state index in [0.29, 0.717) is 23.8 Å². The Morgan fingerprint density at radius 3 is 2.70 bits per heavy atom. The number of aromatic nitrogens is 2. The number of nitrogens with one attached hydrogen (secondary N) is 1. The first-order chi connectivity index (χ1) is 11.1. The molecule has 1 aromatic heterocycles. The zero-order valence-electron chi connectivity index (χ0n) is 12.4. The van der Waals surface area contributed by atoms with E-state index < -0.39 is 10.0 Å². The Morgan fingerprint density at radius 1 is 1.22 bits per heavy atom. The maximum absolute atomic E-state index is 12.8. The van der Waals surface area contributed by atoms with E-state index in [-0.39, 0.29) is 6.04 Å². The number of benzene rings is 1. The number of hydrogen-bond donors (Lipinski definition) is 1. The summed E-state index contributed by atoms with van der Waals surface area (Å²) in [6, 6.07) is 6.77. The third-order valence-corrected chi connectivity index (χ3v) is 6.16. The van der Waals surface area contributed by atoms with Crippen LogP contribution in [0.25, 0.3) is 0 Å². The maximum atomic E-state index is 12.8. The molecule has 23 heavy (non-hydrogen) atoms. The van der Waals surface area contributed by atoms with Crippen LogP contribution < -0.4 is 5.32 Å². The molecule has 6 nitrogen and oxygen atoms in total. The minimum atomic E-state index is -3.47. The largest absolute Gasteiger partial charge is 0.365 e. The van der Waals surface area contributed by atoms with Crippen molar-refractivity contribution >= 4 is 31.8 Å². The summed E-state index contributed by atoms with van der Waals surface area (Å²) in [7, 11) is -3.47. The molecule has 1 atom stereocenters. The second-order valence-electron chi connectivity index (χ2n) is 5.39. The van der Waals surface area contributed by atoms with Crippen LogP contribution in [0.15, 0.2) is 52.2 Å². The van der Waals surface area contributed by atoms with E-state index in [1.54, 1.807) is 42.9 Å². The Labute approximate surface area is 144 Å². The van der Waals surface area contributed by atoms with Gasteiger partial charge in [-0.25, -0.2) is 13.4 Å². The van der Waals surface area contributed by atoms with Crippen molar-refractivity contribution < 1.29 is 8.42 Å². The average molecular weight is 397 g/mol. The molecule has 0 spiro atoms. The molecule has 1 N–H and O–H groups in total. The highest BCUT2D eigenvalue weighted by molar-refractivity contribution is 9.10. The highest BCUT2D eigenvalue weighted by Gasteiger charge is 2.30. The van der Waals surface area contributed by atoms with Gasteiger partial charge in [-0.05, 0) is 37.1 Å². The van der Waals surface area contributed by atoms with Crippen LogP contribution in [0.5, 0.6) is 0 Å². The van der Waals surface area contributed by atoms with E-state index in [4.69, 9.17) is 0 Å². The molecule has 1 aliphatic rings. The molecular formula is C15H17BrN4O2S. The van der Waals surface area contributed by atoms with Crippen LogP contribution >= 0.6 is 15.9 Å². The summed E-state index contributed by atoms with van der Waals surface area (Å²) in [5.74, 6) is 0.667. The third-order valence-electron chi connectivity index (χ3n) is 3.75. The highest BCUT2D eigenvalue weighted by atomic mass is 79.9. The standard InChI is InChI=1S/C15H17BrN4O2S/c16-12-3-5-14(6-4-12)23(21,22)20-9-1-2-13(11-20)19-15-10-17-7-8-18-15/h3-8,10,13H,1-2,9,11H2,(H,18,19). The second-order valence-corrected chi connectivity index (χ2v) is 8.24. The van der Waals surface area contributed by atoms with E-state index in [2.05, 4.69) is 31.2 Å². The van der Waals surface area contributed by atoms with Gasteiger partial charge in [0.25, 0.3) is 0 Å². The molecular weight excluding hydrogens is 380 g/mol. The highest BCUT2D eigenvalue weighted by Crippen LogP contribution is 2.23. The van der Waals surface area contributed by atoms with Gasteiger partial charge in [0.1, 0.15) is 5.82 Å². The normalized spacial score (nSPS) is 19.4. The first-order valence-electron chi connectivity index (χ1n) is 7.34. The van der Waals surface area contributed by atoms with Gasteiger partial charge in [-0.15, -0.1) is 0 Å². The number of sulfonamides is 1. The Hall–Kier alpha value is -1.51. The van der Waals surface area contributed by atoms with Gasteiger partial charge < -0.3 is 5.32 Å².